The monoisotopic (exact) mass is 262 g/mol. The van der Waals surface area contributed by atoms with Crippen molar-refractivity contribution in [3.05, 3.63) is 17.8 Å². The molecule has 7 heteroatoms. The molecule has 1 aromatic rings. The van der Waals surface area contributed by atoms with Crippen molar-refractivity contribution in [2.24, 2.45) is 11.7 Å². The van der Waals surface area contributed by atoms with Crippen LogP contribution in [0.2, 0.25) is 0 Å². The largest absolute Gasteiger partial charge is 0.435 e. The Balaban J connectivity index is 2.68. The molecule has 4 nitrogen and oxygen atoms in total. The van der Waals surface area contributed by atoms with Gasteiger partial charge in [0.1, 0.15) is 5.82 Å². The molecule has 1 rings (SSSR count). The Morgan fingerprint density at radius 3 is 2.33 bits per heavy atom. The first-order valence-electron chi connectivity index (χ1n) is 5.70. The van der Waals surface area contributed by atoms with Crippen molar-refractivity contribution in [1.29, 1.82) is 0 Å². The van der Waals surface area contributed by atoms with Crippen molar-refractivity contribution in [3.8, 4) is 0 Å². The van der Waals surface area contributed by atoms with Gasteiger partial charge in [-0.2, -0.15) is 13.2 Å². The number of halogens is 3. The topological polar surface area (TPSA) is 63.8 Å². The van der Waals surface area contributed by atoms with Gasteiger partial charge in [0.15, 0.2) is 5.69 Å². The number of nitrogens with two attached hydrogens (primary N) is 1. The Kier molecular flexibility index (Phi) is 4.89. The molecule has 3 N–H and O–H groups in total. The van der Waals surface area contributed by atoms with Gasteiger partial charge in [-0.05, 0) is 24.5 Å². The van der Waals surface area contributed by atoms with Gasteiger partial charge in [0.2, 0.25) is 0 Å². The second kappa shape index (κ2) is 5.99. The van der Waals surface area contributed by atoms with Crippen LogP contribution in [0.1, 0.15) is 26.0 Å². The van der Waals surface area contributed by atoms with Crippen LogP contribution in [0.15, 0.2) is 12.1 Å². The molecule has 0 amide bonds. The first kappa shape index (κ1) is 14.7. The third-order valence-electron chi connectivity index (χ3n) is 2.35. The van der Waals surface area contributed by atoms with Crippen LogP contribution < -0.4 is 11.1 Å². The fourth-order valence-corrected chi connectivity index (χ4v) is 1.55. The van der Waals surface area contributed by atoms with Crippen molar-refractivity contribution >= 4 is 5.82 Å². The van der Waals surface area contributed by atoms with Gasteiger partial charge in [-0.25, -0.2) is 0 Å². The van der Waals surface area contributed by atoms with E-state index in [9.17, 15) is 13.2 Å². The van der Waals surface area contributed by atoms with E-state index in [1.807, 2.05) is 13.8 Å². The molecule has 1 unspecified atom stereocenters. The van der Waals surface area contributed by atoms with Gasteiger partial charge in [0.25, 0.3) is 0 Å². The molecule has 0 spiro atoms. The zero-order chi connectivity index (χ0) is 13.8. The predicted molar refractivity (Wildman–Crippen MR) is 63.0 cm³/mol. The quantitative estimate of drug-likeness (QED) is 0.854. The average Bonchev–Trinajstić information content (AvgIpc) is 2.27. The van der Waals surface area contributed by atoms with Gasteiger partial charge in [0.05, 0.1) is 0 Å². The summed E-state index contributed by atoms with van der Waals surface area (Å²) in [4.78, 5) is 0. The van der Waals surface area contributed by atoms with Crippen LogP contribution in [0, 0.1) is 5.92 Å². The summed E-state index contributed by atoms with van der Waals surface area (Å²) in [6.07, 6.45) is -3.64. The van der Waals surface area contributed by atoms with E-state index in [-0.39, 0.29) is 6.04 Å². The summed E-state index contributed by atoms with van der Waals surface area (Å²) in [6.45, 7) is 4.48. The van der Waals surface area contributed by atoms with E-state index in [0.717, 1.165) is 12.5 Å². The zero-order valence-electron chi connectivity index (χ0n) is 10.3. The van der Waals surface area contributed by atoms with Crippen LogP contribution in [-0.2, 0) is 6.18 Å². The van der Waals surface area contributed by atoms with Gasteiger partial charge >= 0.3 is 6.18 Å². The molecule has 0 saturated heterocycles. The standard InChI is InChI=1S/C11H17F3N4/c1-7(2)5-8(6-15)16-10-4-3-9(17-18-10)11(12,13)14/h3-4,7-8H,5-6,15H2,1-2H3,(H,16,18). The third kappa shape index (κ3) is 4.48. The smallest absolute Gasteiger partial charge is 0.365 e. The Morgan fingerprint density at radius 1 is 1.28 bits per heavy atom. The van der Waals surface area contributed by atoms with Crippen molar-refractivity contribution < 1.29 is 13.2 Å². The van der Waals surface area contributed by atoms with Crippen LogP contribution in [0.25, 0.3) is 0 Å². The molecule has 0 bridgehead atoms. The fourth-order valence-electron chi connectivity index (χ4n) is 1.55. The highest BCUT2D eigenvalue weighted by Gasteiger charge is 2.32. The Labute approximate surface area is 104 Å². The summed E-state index contributed by atoms with van der Waals surface area (Å²) >= 11 is 0. The van der Waals surface area contributed by atoms with Crippen LogP contribution in [0.4, 0.5) is 19.0 Å². The molecular formula is C11H17F3N4. The Morgan fingerprint density at radius 2 is 1.94 bits per heavy atom. The van der Waals surface area contributed by atoms with E-state index in [1.165, 1.54) is 6.07 Å². The maximum Gasteiger partial charge on any atom is 0.435 e. The number of alkyl halides is 3. The molecule has 1 aromatic heterocycles. The molecule has 18 heavy (non-hydrogen) atoms. The van der Waals surface area contributed by atoms with E-state index in [2.05, 4.69) is 15.5 Å². The van der Waals surface area contributed by atoms with Crippen molar-refractivity contribution in [3.63, 3.8) is 0 Å². The van der Waals surface area contributed by atoms with Crippen LogP contribution in [0.5, 0.6) is 0 Å². The second-order valence-electron chi connectivity index (χ2n) is 4.51. The number of hydrogen-bond acceptors (Lipinski definition) is 4. The fraction of sp³-hybridized carbons (Fsp3) is 0.636. The highest BCUT2D eigenvalue weighted by Crippen LogP contribution is 2.27. The molecule has 0 aliphatic heterocycles. The number of hydrogen-bond donors (Lipinski definition) is 2. The summed E-state index contributed by atoms with van der Waals surface area (Å²) in [6, 6.07) is 2.15. The van der Waals surface area contributed by atoms with Gasteiger partial charge in [-0.3, -0.25) is 0 Å². The van der Waals surface area contributed by atoms with Crippen molar-refractivity contribution in [2.45, 2.75) is 32.5 Å². The van der Waals surface area contributed by atoms with Gasteiger partial charge < -0.3 is 11.1 Å². The number of nitrogens with one attached hydrogen (secondary N) is 1. The minimum atomic E-state index is -4.46. The summed E-state index contributed by atoms with van der Waals surface area (Å²) in [7, 11) is 0. The SMILES string of the molecule is CC(C)CC(CN)Nc1ccc(C(F)(F)F)nn1. The van der Waals surface area contributed by atoms with E-state index in [4.69, 9.17) is 5.73 Å². The molecule has 102 valence electrons. The van der Waals surface area contributed by atoms with E-state index in [1.54, 1.807) is 0 Å². The molecular weight excluding hydrogens is 245 g/mol. The first-order chi connectivity index (χ1) is 8.32. The molecule has 0 fully saturated rings. The number of nitrogens with zero attached hydrogens (tertiary/aromatic N) is 2. The summed E-state index contributed by atoms with van der Waals surface area (Å²) in [5, 5.41) is 9.61. The zero-order valence-corrected chi connectivity index (χ0v) is 10.3. The summed E-state index contributed by atoms with van der Waals surface area (Å²) in [5.74, 6) is 0.743. The van der Waals surface area contributed by atoms with E-state index in [0.29, 0.717) is 18.3 Å². The average molecular weight is 262 g/mol. The molecule has 0 aromatic carbocycles. The predicted octanol–water partition coefficient (Wildman–Crippen LogP) is 2.28. The number of aromatic nitrogens is 2. The van der Waals surface area contributed by atoms with Gasteiger partial charge in [-0.15, -0.1) is 10.2 Å². The lowest BCUT2D eigenvalue weighted by molar-refractivity contribution is -0.141. The molecule has 0 aliphatic rings. The Bertz CT molecular complexity index is 362. The second-order valence-corrected chi connectivity index (χ2v) is 4.51. The lowest BCUT2D eigenvalue weighted by Crippen LogP contribution is -2.30. The highest BCUT2D eigenvalue weighted by molar-refractivity contribution is 5.34. The third-order valence-corrected chi connectivity index (χ3v) is 2.35. The summed E-state index contributed by atoms with van der Waals surface area (Å²) in [5.41, 5.74) is 4.58. The molecule has 0 radical (unpaired) electrons. The van der Waals surface area contributed by atoms with Gasteiger partial charge in [-0.1, -0.05) is 13.8 Å². The minimum Gasteiger partial charge on any atom is -0.365 e. The maximum atomic E-state index is 12.3. The first-order valence-corrected chi connectivity index (χ1v) is 5.70. The van der Waals surface area contributed by atoms with E-state index >= 15 is 0 Å². The summed E-state index contributed by atoms with van der Waals surface area (Å²) < 4.78 is 36.8. The van der Waals surface area contributed by atoms with Gasteiger partial charge in [0, 0.05) is 12.6 Å². The normalized spacial score (nSPS) is 13.7. The van der Waals surface area contributed by atoms with Crippen LogP contribution in [0.3, 0.4) is 0 Å². The van der Waals surface area contributed by atoms with Crippen LogP contribution in [-0.4, -0.2) is 22.8 Å². The minimum absolute atomic E-state index is 0.0176. The molecule has 0 aliphatic carbocycles. The molecule has 1 atom stereocenters. The van der Waals surface area contributed by atoms with Crippen molar-refractivity contribution in [2.75, 3.05) is 11.9 Å². The molecule has 1 heterocycles. The number of anilines is 1. The highest BCUT2D eigenvalue weighted by atomic mass is 19.4. The lowest BCUT2D eigenvalue weighted by atomic mass is 10.0. The molecule has 0 saturated carbocycles. The van der Waals surface area contributed by atoms with E-state index < -0.39 is 11.9 Å². The maximum absolute atomic E-state index is 12.3. The van der Waals surface area contributed by atoms with Crippen molar-refractivity contribution in [1.82, 2.24) is 10.2 Å². The number of rotatable bonds is 5. The van der Waals surface area contributed by atoms with Crippen LogP contribution >= 0.6 is 0 Å². The Hall–Kier alpha value is -1.37. The lowest BCUT2D eigenvalue weighted by Gasteiger charge is -2.19.